The molecule has 90 valence electrons. The molecule has 0 aromatic heterocycles. The summed E-state index contributed by atoms with van der Waals surface area (Å²) >= 11 is 4.88. The number of hydrogen-bond donors (Lipinski definition) is 1. The maximum absolute atomic E-state index is 12.1. The van der Waals surface area contributed by atoms with Crippen molar-refractivity contribution in [2.75, 3.05) is 32.9 Å². The molecular weight excluding hydrogens is 228 g/mol. The molecule has 0 spiro atoms. The minimum atomic E-state index is -0.296. The fourth-order valence-corrected chi connectivity index (χ4v) is 2.15. The van der Waals surface area contributed by atoms with Gasteiger partial charge in [-0.25, -0.2) is 0 Å². The molecule has 0 aromatic carbocycles. The van der Waals surface area contributed by atoms with Gasteiger partial charge in [0.15, 0.2) is 0 Å². The number of nitrogens with zero attached hydrogens (tertiary/aromatic N) is 1. The van der Waals surface area contributed by atoms with E-state index in [1.807, 2.05) is 0 Å². The summed E-state index contributed by atoms with van der Waals surface area (Å²) in [5, 5.41) is 0. The first-order valence-electron chi connectivity index (χ1n) is 5.46. The summed E-state index contributed by atoms with van der Waals surface area (Å²) in [6.07, 6.45) is 0.517. The Labute approximate surface area is 99.9 Å². The van der Waals surface area contributed by atoms with E-state index in [4.69, 9.17) is 27.4 Å². The first kappa shape index (κ1) is 11.8. The summed E-state index contributed by atoms with van der Waals surface area (Å²) in [6, 6.07) is 0. The molecule has 2 fully saturated rings. The number of nitrogens with two attached hydrogens (primary N) is 1. The highest BCUT2D eigenvalue weighted by Crippen LogP contribution is 2.17. The van der Waals surface area contributed by atoms with Crippen molar-refractivity contribution in [1.29, 1.82) is 0 Å². The van der Waals surface area contributed by atoms with Gasteiger partial charge in [0.1, 0.15) is 11.1 Å². The molecule has 2 N–H and O–H groups in total. The van der Waals surface area contributed by atoms with Crippen LogP contribution in [0.2, 0.25) is 0 Å². The van der Waals surface area contributed by atoms with Gasteiger partial charge in [-0.15, -0.1) is 0 Å². The van der Waals surface area contributed by atoms with Crippen LogP contribution in [0.5, 0.6) is 0 Å². The molecule has 0 radical (unpaired) electrons. The Hall–Kier alpha value is -0.720. The lowest BCUT2D eigenvalue weighted by atomic mass is 10.1. The number of carbonyl (C=O) groups is 1. The third-order valence-corrected chi connectivity index (χ3v) is 3.24. The highest BCUT2D eigenvalue weighted by Gasteiger charge is 2.32. The number of rotatable bonds is 2. The summed E-state index contributed by atoms with van der Waals surface area (Å²) in [6.45, 7) is 2.81. The third-order valence-electron chi connectivity index (χ3n) is 2.97. The predicted octanol–water partition coefficient (Wildman–Crippen LogP) is -0.464. The first-order chi connectivity index (χ1) is 7.68. The number of thiocarbonyl (C=S) groups is 1. The van der Waals surface area contributed by atoms with Gasteiger partial charge >= 0.3 is 0 Å². The zero-order valence-electron chi connectivity index (χ0n) is 9.05. The molecule has 2 aliphatic heterocycles. The number of ether oxygens (including phenoxy) is 2. The molecule has 2 aliphatic rings. The normalized spacial score (nSPS) is 30.4. The van der Waals surface area contributed by atoms with Crippen LogP contribution < -0.4 is 5.73 Å². The molecule has 2 unspecified atom stereocenters. The van der Waals surface area contributed by atoms with Gasteiger partial charge in [-0.1, -0.05) is 12.2 Å². The van der Waals surface area contributed by atoms with Gasteiger partial charge in [0.05, 0.1) is 25.7 Å². The summed E-state index contributed by atoms with van der Waals surface area (Å²) < 4.78 is 10.6. The molecule has 2 rings (SSSR count). The van der Waals surface area contributed by atoms with E-state index in [1.54, 1.807) is 4.90 Å². The first-order valence-corrected chi connectivity index (χ1v) is 5.87. The molecular formula is C10H16N2O3S. The minimum absolute atomic E-state index is 0.00472. The lowest BCUT2D eigenvalue weighted by Gasteiger charge is -2.33. The Morgan fingerprint density at radius 3 is 2.88 bits per heavy atom. The lowest BCUT2D eigenvalue weighted by molar-refractivity contribution is -0.140. The van der Waals surface area contributed by atoms with Crippen molar-refractivity contribution in [2.24, 2.45) is 11.7 Å². The zero-order chi connectivity index (χ0) is 11.5. The molecule has 2 atom stereocenters. The van der Waals surface area contributed by atoms with Crippen LogP contribution in [0.1, 0.15) is 6.42 Å². The zero-order valence-corrected chi connectivity index (χ0v) is 9.87. The van der Waals surface area contributed by atoms with E-state index in [2.05, 4.69) is 0 Å². The third kappa shape index (κ3) is 2.50. The van der Waals surface area contributed by atoms with Crippen LogP contribution in [-0.4, -0.2) is 54.8 Å². The van der Waals surface area contributed by atoms with Crippen LogP contribution in [0, 0.1) is 5.92 Å². The minimum Gasteiger partial charge on any atom is -0.391 e. The standard InChI is InChI=1S/C10H16N2O3S/c11-9(16)8-5-12(2-4-15-8)10(13)7-1-3-14-6-7/h7-8H,1-6H2,(H2,11,16). The van der Waals surface area contributed by atoms with Crippen LogP contribution in [0.4, 0.5) is 0 Å². The Kier molecular flexibility index (Phi) is 3.73. The van der Waals surface area contributed by atoms with Gasteiger partial charge in [0.2, 0.25) is 5.91 Å². The fraction of sp³-hybridized carbons (Fsp3) is 0.800. The second-order valence-corrected chi connectivity index (χ2v) is 4.58. The van der Waals surface area contributed by atoms with E-state index < -0.39 is 0 Å². The van der Waals surface area contributed by atoms with E-state index in [0.717, 1.165) is 6.42 Å². The SMILES string of the molecule is NC(=S)C1CN(C(=O)C2CCOC2)CCO1. The van der Waals surface area contributed by atoms with Crippen molar-refractivity contribution >= 4 is 23.1 Å². The Balaban J connectivity index is 1.93. The van der Waals surface area contributed by atoms with Crippen LogP contribution in [0.25, 0.3) is 0 Å². The van der Waals surface area contributed by atoms with Crippen molar-refractivity contribution < 1.29 is 14.3 Å². The number of amides is 1. The molecule has 0 aromatic rings. The maximum Gasteiger partial charge on any atom is 0.228 e. The maximum atomic E-state index is 12.1. The number of morpholine rings is 1. The van der Waals surface area contributed by atoms with Crippen LogP contribution in [-0.2, 0) is 14.3 Å². The molecule has 16 heavy (non-hydrogen) atoms. The number of hydrogen-bond acceptors (Lipinski definition) is 4. The van der Waals surface area contributed by atoms with Crippen molar-refractivity contribution in [1.82, 2.24) is 4.90 Å². The molecule has 0 aliphatic carbocycles. The predicted molar refractivity (Wildman–Crippen MR) is 62.0 cm³/mol. The Morgan fingerprint density at radius 1 is 1.44 bits per heavy atom. The smallest absolute Gasteiger partial charge is 0.228 e. The summed E-state index contributed by atoms with van der Waals surface area (Å²) in [5.74, 6) is 0.146. The van der Waals surface area contributed by atoms with Gasteiger partial charge in [0, 0.05) is 13.2 Å². The van der Waals surface area contributed by atoms with Gasteiger partial charge in [-0.2, -0.15) is 0 Å². The molecule has 2 heterocycles. The average molecular weight is 244 g/mol. The summed E-state index contributed by atoms with van der Waals surface area (Å²) in [4.78, 5) is 14.2. The van der Waals surface area contributed by atoms with Gasteiger partial charge in [-0.3, -0.25) is 4.79 Å². The van der Waals surface area contributed by atoms with E-state index in [9.17, 15) is 4.79 Å². The molecule has 6 heteroatoms. The highest BCUT2D eigenvalue weighted by atomic mass is 32.1. The molecule has 0 saturated carbocycles. The topological polar surface area (TPSA) is 64.8 Å². The Morgan fingerprint density at radius 2 is 2.25 bits per heavy atom. The molecule has 5 nitrogen and oxygen atoms in total. The van der Waals surface area contributed by atoms with Crippen molar-refractivity contribution in [3.05, 3.63) is 0 Å². The van der Waals surface area contributed by atoms with E-state index >= 15 is 0 Å². The van der Waals surface area contributed by atoms with Crippen molar-refractivity contribution in [3.63, 3.8) is 0 Å². The van der Waals surface area contributed by atoms with Gasteiger partial charge < -0.3 is 20.1 Å². The molecule has 1 amide bonds. The average Bonchev–Trinajstić information content (AvgIpc) is 2.81. The van der Waals surface area contributed by atoms with Gasteiger partial charge in [0.25, 0.3) is 0 Å². The fourth-order valence-electron chi connectivity index (χ4n) is 2.01. The second-order valence-electron chi connectivity index (χ2n) is 4.11. The van der Waals surface area contributed by atoms with Crippen molar-refractivity contribution in [3.8, 4) is 0 Å². The van der Waals surface area contributed by atoms with Crippen LogP contribution in [0.3, 0.4) is 0 Å². The highest BCUT2D eigenvalue weighted by molar-refractivity contribution is 7.80. The Bertz CT molecular complexity index is 292. The van der Waals surface area contributed by atoms with Gasteiger partial charge in [-0.05, 0) is 6.42 Å². The quantitative estimate of drug-likeness (QED) is 0.666. The summed E-state index contributed by atoms with van der Waals surface area (Å²) in [7, 11) is 0. The lowest BCUT2D eigenvalue weighted by Crippen LogP contribution is -2.51. The van der Waals surface area contributed by atoms with E-state index in [1.165, 1.54) is 0 Å². The van der Waals surface area contributed by atoms with Crippen molar-refractivity contribution in [2.45, 2.75) is 12.5 Å². The van der Waals surface area contributed by atoms with E-state index in [0.29, 0.717) is 37.9 Å². The largest absolute Gasteiger partial charge is 0.391 e. The number of carbonyl (C=O) groups excluding carboxylic acids is 1. The molecule has 2 saturated heterocycles. The summed E-state index contributed by atoms with van der Waals surface area (Å²) in [5.41, 5.74) is 5.53. The monoisotopic (exact) mass is 244 g/mol. The van der Waals surface area contributed by atoms with E-state index in [-0.39, 0.29) is 17.9 Å². The second kappa shape index (κ2) is 5.07. The van der Waals surface area contributed by atoms with Crippen LogP contribution in [0.15, 0.2) is 0 Å². The molecule has 0 bridgehead atoms. The van der Waals surface area contributed by atoms with Crippen LogP contribution >= 0.6 is 12.2 Å².